The monoisotopic (exact) mass is 223 g/mol. The Labute approximate surface area is 89.2 Å². The number of hydrogen-bond acceptors (Lipinski definition) is 2. The molecule has 2 nitrogen and oxygen atoms in total. The van der Waals surface area contributed by atoms with Crippen LogP contribution >= 0.6 is 23.2 Å². The van der Waals surface area contributed by atoms with Gasteiger partial charge in [0, 0.05) is 30.3 Å². The lowest BCUT2D eigenvalue weighted by atomic mass is 10.0. The van der Waals surface area contributed by atoms with E-state index in [1.807, 2.05) is 0 Å². The van der Waals surface area contributed by atoms with Crippen molar-refractivity contribution >= 4 is 23.2 Å². The Kier molecular flexibility index (Phi) is 5.10. The minimum Gasteiger partial charge on any atom is -0.378 e. The van der Waals surface area contributed by atoms with E-state index >= 15 is 0 Å². The molecule has 0 aromatic carbocycles. The maximum absolute atomic E-state index is 5.72. The van der Waals surface area contributed by atoms with E-state index < -0.39 is 0 Å². The molecule has 76 valence electrons. The number of nitrogens with one attached hydrogen (secondary N) is 1. The van der Waals surface area contributed by atoms with E-state index in [1.54, 1.807) is 0 Å². The van der Waals surface area contributed by atoms with Crippen LogP contribution in [-0.2, 0) is 4.74 Å². The Balaban J connectivity index is 2.12. The van der Waals surface area contributed by atoms with Crippen LogP contribution in [0.1, 0.15) is 13.3 Å². The summed E-state index contributed by atoms with van der Waals surface area (Å²) in [5.74, 6) is 0.611. The zero-order valence-electron chi connectivity index (χ0n) is 7.72. The minimum atomic E-state index is 0.367. The lowest BCUT2D eigenvalue weighted by Crippen LogP contribution is -2.27. The van der Waals surface area contributed by atoms with E-state index in [9.17, 15) is 0 Å². The molecule has 13 heavy (non-hydrogen) atoms. The number of halogens is 2. The maximum atomic E-state index is 5.72. The quantitative estimate of drug-likeness (QED) is 0.791. The fraction of sp³-hybridized carbons (Fsp3) is 0.778. The van der Waals surface area contributed by atoms with Crippen molar-refractivity contribution in [2.75, 3.05) is 19.7 Å². The Morgan fingerprint density at radius 3 is 3.00 bits per heavy atom. The SMILES string of the molecule is CC1OCCC1CNCC(Cl)=CCl. The third-order valence-corrected chi connectivity index (χ3v) is 2.97. The molecule has 0 amide bonds. The fourth-order valence-electron chi connectivity index (χ4n) is 1.46. The molecule has 0 aromatic rings. The normalized spacial score (nSPS) is 29.6. The molecule has 1 heterocycles. The number of ether oxygens (including phenoxy) is 1. The van der Waals surface area contributed by atoms with Gasteiger partial charge in [-0.15, -0.1) is 0 Å². The highest BCUT2D eigenvalue weighted by molar-refractivity contribution is 6.36. The van der Waals surface area contributed by atoms with Crippen molar-refractivity contribution in [1.29, 1.82) is 0 Å². The van der Waals surface area contributed by atoms with Crippen LogP contribution in [0.3, 0.4) is 0 Å². The third-order valence-electron chi connectivity index (χ3n) is 2.35. The van der Waals surface area contributed by atoms with Gasteiger partial charge in [0.05, 0.1) is 6.10 Å². The van der Waals surface area contributed by atoms with Crippen molar-refractivity contribution in [3.63, 3.8) is 0 Å². The van der Waals surface area contributed by atoms with Gasteiger partial charge in [0.25, 0.3) is 0 Å². The predicted molar refractivity (Wildman–Crippen MR) is 56.2 cm³/mol. The van der Waals surface area contributed by atoms with Gasteiger partial charge >= 0.3 is 0 Å². The van der Waals surface area contributed by atoms with E-state index in [0.29, 0.717) is 23.6 Å². The molecular formula is C9H15Cl2NO. The van der Waals surface area contributed by atoms with Crippen molar-refractivity contribution in [2.45, 2.75) is 19.4 Å². The van der Waals surface area contributed by atoms with Crippen LogP contribution in [0.5, 0.6) is 0 Å². The first-order chi connectivity index (χ1) is 6.24. The summed E-state index contributed by atoms with van der Waals surface area (Å²) in [4.78, 5) is 0. The second-order valence-corrected chi connectivity index (χ2v) is 4.02. The van der Waals surface area contributed by atoms with Crippen LogP contribution in [0.25, 0.3) is 0 Å². The first-order valence-corrected chi connectivity index (χ1v) is 5.32. The second-order valence-electron chi connectivity index (χ2n) is 3.31. The van der Waals surface area contributed by atoms with Crippen molar-refractivity contribution in [1.82, 2.24) is 5.32 Å². The average Bonchev–Trinajstić information content (AvgIpc) is 2.52. The lowest BCUT2D eigenvalue weighted by molar-refractivity contribution is 0.106. The van der Waals surface area contributed by atoms with Gasteiger partial charge in [-0.1, -0.05) is 23.2 Å². The minimum absolute atomic E-state index is 0.367. The Morgan fingerprint density at radius 2 is 2.46 bits per heavy atom. The van der Waals surface area contributed by atoms with Crippen LogP contribution in [0.4, 0.5) is 0 Å². The summed E-state index contributed by atoms with van der Waals surface area (Å²) in [7, 11) is 0. The first-order valence-electron chi connectivity index (χ1n) is 4.51. The fourth-order valence-corrected chi connectivity index (χ4v) is 1.63. The highest BCUT2D eigenvalue weighted by Gasteiger charge is 2.23. The van der Waals surface area contributed by atoms with Crippen molar-refractivity contribution in [3.05, 3.63) is 10.6 Å². The lowest BCUT2D eigenvalue weighted by Gasteiger charge is -2.14. The summed E-state index contributed by atoms with van der Waals surface area (Å²) in [6.07, 6.45) is 1.50. The number of rotatable bonds is 4. The molecule has 0 spiro atoms. The standard InChI is InChI=1S/C9H15Cl2NO/c1-7-8(2-3-13-7)5-12-6-9(11)4-10/h4,7-8,12H,2-3,5-6H2,1H3. The molecule has 0 aromatic heterocycles. The molecule has 0 radical (unpaired) electrons. The molecule has 2 unspecified atom stereocenters. The molecule has 1 rings (SSSR count). The van der Waals surface area contributed by atoms with E-state index in [0.717, 1.165) is 19.6 Å². The van der Waals surface area contributed by atoms with Crippen LogP contribution in [0.2, 0.25) is 0 Å². The zero-order valence-corrected chi connectivity index (χ0v) is 9.24. The molecule has 0 bridgehead atoms. The molecular weight excluding hydrogens is 209 g/mol. The topological polar surface area (TPSA) is 21.3 Å². The Morgan fingerprint density at radius 1 is 1.69 bits per heavy atom. The average molecular weight is 224 g/mol. The van der Waals surface area contributed by atoms with E-state index in [4.69, 9.17) is 27.9 Å². The summed E-state index contributed by atoms with van der Waals surface area (Å²) in [6.45, 7) is 4.58. The molecule has 4 heteroatoms. The summed E-state index contributed by atoms with van der Waals surface area (Å²) in [5, 5.41) is 3.89. The molecule has 1 aliphatic rings. The largest absolute Gasteiger partial charge is 0.378 e. The van der Waals surface area contributed by atoms with Gasteiger partial charge in [-0.05, 0) is 19.3 Å². The van der Waals surface area contributed by atoms with Crippen LogP contribution in [0.15, 0.2) is 10.6 Å². The third kappa shape index (κ3) is 3.86. The van der Waals surface area contributed by atoms with Crippen molar-refractivity contribution in [3.8, 4) is 0 Å². The van der Waals surface area contributed by atoms with Gasteiger partial charge in [-0.2, -0.15) is 0 Å². The highest BCUT2D eigenvalue weighted by Crippen LogP contribution is 2.19. The Bertz CT molecular complexity index is 184. The zero-order chi connectivity index (χ0) is 9.68. The van der Waals surface area contributed by atoms with E-state index in [-0.39, 0.29) is 0 Å². The molecule has 1 N–H and O–H groups in total. The highest BCUT2D eigenvalue weighted by atomic mass is 35.5. The van der Waals surface area contributed by atoms with Gasteiger partial charge in [0.15, 0.2) is 0 Å². The number of hydrogen-bond donors (Lipinski definition) is 1. The smallest absolute Gasteiger partial charge is 0.0588 e. The summed E-state index contributed by atoms with van der Waals surface area (Å²) in [5.41, 5.74) is 1.39. The maximum Gasteiger partial charge on any atom is 0.0588 e. The van der Waals surface area contributed by atoms with Gasteiger partial charge in [0.1, 0.15) is 0 Å². The molecule has 1 fully saturated rings. The molecule has 0 aliphatic carbocycles. The van der Waals surface area contributed by atoms with Crippen LogP contribution in [0, 0.1) is 5.92 Å². The van der Waals surface area contributed by atoms with Crippen molar-refractivity contribution in [2.24, 2.45) is 5.92 Å². The summed E-state index contributed by atoms with van der Waals surface area (Å²) in [6, 6.07) is 0. The molecule has 1 aliphatic heterocycles. The van der Waals surface area contributed by atoms with E-state index in [2.05, 4.69) is 12.2 Å². The van der Waals surface area contributed by atoms with Gasteiger partial charge in [0.2, 0.25) is 0 Å². The molecule has 2 atom stereocenters. The predicted octanol–water partition coefficient (Wildman–Crippen LogP) is 2.32. The van der Waals surface area contributed by atoms with Crippen molar-refractivity contribution < 1.29 is 4.74 Å². The first kappa shape index (κ1) is 11.3. The van der Waals surface area contributed by atoms with Gasteiger partial charge in [-0.25, -0.2) is 0 Å². The van der Waals surface area contributed by atoms with Crippen LogP contribution in [-0.4, -0.2) is 25.8 Å². The molecule has 1 saturated heterocycles. The van der Waals surface area contributed by atoms with Gasteiger partial charge in [-0.3, -0.25) is 0 Å². The van der Waals surface area contributed by atoms with Crippen LogP contribution < -0.4 is 5.32 Å². The Hall–Kier alpha value is 0.240. The summed E-state index contributed by atoms with van der Waals surface area (Å²) >= 11 is 11.1. The summed E-state index contributed by atoms with van der Waals surface area (Å²) < 4.78 is 5.44. The van der Waals surface area contributed by atoms with Gasteiger partial charge < -0.3 is 10.1 Å². The second kappa shape index (κ2) is 5.86. The van der Waals surface area contributed by atoms with E-state index in [1.165, 1.54) is 5.54 Å². The molecule has 0 saturated carbocycles.